The highest BCUT2D eigenvalue weighted by molar-refractivity contribution is 7.14. The Bertz CT molecular complexity index is 1210. The molecule has 2 N–H and O–H groups in total. The van der Waals surface area contributed by atoms with Gasteiger partial charge in [0.05, 0.1) is 22.5 Å². The summed E-state index contributed by atoms with van der Waals surface area (Å²) in [5.74, 6) is -1.02. The third-order valence-corrected chi connectivity index (χ3v) is 5.01. The van der Waals surface area contributed by atoms with Gasteiger partial charge in [-0.25, -0.2) is 14.8 Å². The number of nitrogens with one attached hydrogen (secondary N) is 1. The maximum Gasteiger partial charge on any atom is 0.417 e. The van der Waals surface area contributed by atoms with Gasteiger partial charge in [-0.15, -0.1) is 11.3 Å². The zero-order valence-electron chi connectivity index (χ0n) is 18.9. The molecule has 0 aliphatic heterocycles. The molecule has 33 heavy (non-hydrogen) atoms. The number of nitrogens with zero attached hydrogens (tertiary/aromatic N) is 3. The van der Waals surface area contributed by atoms with Gasteiger partial charge < -0.3 is 10.4 Å². The Morgan fingerprint density at radius 3 is 2.24 bits per heavy atom. The molecule has 0 fully saturated rings. The van der Waals surface area contributed by atoms with E-state index in [4.69, 9.17) is 5.11 Å². The van der Waals surface area contributed by atoms with Crippen LogP contribution in [0.4, 0.5) is 24.0 Å². The zero-order valence-corrected chi connectivity index (χ0v) is 19.7. The molecule has 6 nitrogen and oxygen atoms in total. The van der Waals surface area contributed by atoms with Gasteiger partial charge in [0.15, 0.2) is 5.13 Å². The number of fused-ring (bicyclic) bond motifs is 1. The first-order valence-corrected chi connectivity index (χ1v) is 11.2. The highest BCUT2D eigenvalue weighted by Gasteiger charge is 2.31. The number of anilines is 2. The molecule has 0 spiro atoms. The smallest absolute Gasteiger partial charge is 0.417 e. The molecule has 0 bridgehead atoms. The van der Waals surface area contributed by atoms with E-state index in [1.54, 1.807) is 24.4 Å². The first kappa shape index (κ1) is 25.9. The van der Waals surface area contributed by atoms with Crippen molar-refractivity contribution in [3.63, 3.8) is 0 Å². The van der Waals surface area contributed by atoms with Crippen LogP contribution in [0.3, 0.4) is 0 Å². The number of carboxylic acids is 1. The van der Waals surface area contributed by atoms with E-state index in [9.17, 15) is 18.0 Å². The molecule has 3 aromatic heterocycles. The van der Waals surface area contributed by atoms with E-state index < -0.39 is 17.7 Å². The number of alkyl halides is 3. The molecule has 10 heteroatoms. The van der Waals surface area contributed by atoms with Gasteiger partial charge in [-0.05, 0) is 43.3 Å². The first-order chi connectivity index (χ1) is 15.7. The number of carbonyl (C=O) groups is 1. The molecule has 176 valence electrons. The lowest BCUT2D eigenvalue weighted by Gasteiger charge is -2.08. The highest BCUT2D eigenvalue weighted by atomic mass is 32.1. The van der Waals surface area contributed by atoms with Crippen LogP contribution in [0.15, 0.2) is 48.0 Å². The summed E-state index contributed by atoms with van der Waals surface area (Å²) in [7, 11) is 0. The van der Waals surface area contributed by atoms with Crippen molar-refractivity contribution in [2.45, 2.75) is 40.8 Å². The number of aryl methyl sites for hydroxylation is 1. The van der Waals surface area contributed by atoms with E-state index in [0.29, 0.717) is 33.5 Å². The molecule has 4 aromatic rings. The predicted octanol–water partition coefficient (Wildman–Crippen LogP) is 7.28. The van der Waals surface area contributed by atoms with Crippen LogP contribution >= 0.6 is 11.3 Å². The van der Waals surface area contributed by atoms with Crippen molar-refractivity contribution in [2.24, 2.45) is 0 Å². The molecule has 0 atom stereocenters. The van der Waals surface area contributed by atoms with Crippen LogP contribution in [-0.4, -0.2) is 25.4 Å². The maximum absolute atomic E-state index is 13.1. The lowest BCUT2D eigenvalue weighted by molar-refractivity contribution is -0.137. The van der Waals surface area contributed by atoms with Crippen molar-refractivity contribution in [3.05, 3.63) is 64.8 Å². The number of thiazole rings is 1. The fraction of sp³-hybridized carbons (Fsp3) is 0.261. The van der Waals surface area contributed by atoms with Gasteiger partial charge >= 0.3 is 12.1 Å². The molecule has 3 heterocycles. The van der Waals surface area contributed by atoms with Crippen molar-refractivity contribution in [3.8, 4) is 11.4 Å². The summed E-state index contributed by atoms with van der Waals surface area (Å²) >= 11 is 1.28. The largest absolute Gasteiger partial charge is 0.478 e. The number of aromatic nitrogens is 3. The molecule has 0 unspecified atom stereocenters. The van der Waals surface area contributed by atoms with Crippen molar-refractivity contribution < 1.29 is 23.1 Å². The van der Waals surface area contributed by atoms with E-state index in [0.717, 1.165) is 12.3 Å². The van der Waals surface area contributed by atoms with Crippen LogP contribution in [0.2, 0.25) is 0 Å². The number of carboxylic acid groups (broad SMARTS) is 1. The number of hydrogen-bond acceptors (Lipinski definition) is 5. The number of hydrogen-bond donors (Lipinski definition) is 2. The summed E-state index contributed by atoms with van der Waals surface area (Å²) < 4.78 is 40.6. The normalized spacial score (nSPS) is 10.7. The minimum atomic E-state index is -4.46. The monoisotopic (exact) mass is 478 g/mol. The SMILES string of the molecule is CC.CC.Cc1nc2ccc(C(F)(F)F)cn2c1-c1csc(Nc2ccc(C(=O)O)cc2)n1. The quantitative estimate of drug-likeness (QED) is 0.322. The van der Waals surface area contributed by atoms with Gasteiger partial charge in [-0.3, -0.25) is 4.40 Å². The summed E-state index contributed by atoms with van der Waals surface area (Å²) in [6.07, 6.45) is -3.44. The van der Waals surface area contributed by atoms with E-state index in [-0.39, 0.29) is 5.56 Å². The highest BCUT2D eigenvalue weighted by Crippen LogP contribution is 2.33. The van der Waals surface area contributed by atoms with Gasteiger partial charge in [0.1, 0.15) is 11.3 Å². The fourth-order valence-electron chi connectivity index (χ4n) is 2.90. The summed E-state index contributed by atoms with van der Waals surface area (Å²) in [5.41, 5.74) is 1.97. The van der Waals surface area contributed by atoms with Crippen molar-refractivity contribution in [1.82, 2.24) is 14.4 Å². The summed E-state index contributed by atoms with van der Waals surface area (Å²) in [4.78, 5) is 19.7. The second-order valence-electron chi connectivity index (χ2n) is 6.23. The molecule has 0 aliphatic rings. The number of aromatic carboxylic acids is 1. The van der Waals surface area contributed by atoms with Crippen LogP contribution in [0.1, 0.15) is 49.3 Å². The second kappa shape index (κ2) is 11.0. The maximum atomic E-state index is 13.1. The number of halogens is 3. The number of rotatable bonds is 4. The van der Waals surface area contributed by atoms with Crippen molar-refractivity contribution in [2.75, 3.05) is 5.32 Å². The average Bonchev–Trinajstić information content (AvgIpc) is 3.38. The summed E-state index contributed by atoms with van der Waals surface area (Å²) in [6.45, 7) is 9.71. The van der Waals surface area contributed by atoms with Gasteiger partial charge in [0, 0.05) is 17.3 Å². The van der Waals surface area contributed by atoms with E-state index in [1.165, 1.54) is 33.9 Å². The fourth-order valence-corrected chi connectivity index (χ4v) is 3.61. The minimum Gasteiger partial charge on any atom is -0.478 e. The van der Waals surface area contributed by atoms with Gasteiger partial charge in [-0.2, -0.15) is 13.2 Å². The van der Waals surface area contributed by atoms with Gasteiger partial charge in [0.2, 0.25) is 0 Å². The first-order valence-electron chi connectivity index (χ1n) is 10.3. The molecular weight excluding hydrogens is 453 g/mol. The van der Waals surface area contributed by atoms with Crippen LogP contribution in [0, 0.1) is 6.92 Å². The lowest BCUT2D eigenvalue weighted by atomic mass is 10.2. The Labute approximate surface area is 193 Å². The van der Waals surface area contributed by atoms with Crippen LogP contribution < -0.4 is 5.32 Å². The Morgan fingerprint density at radius 2 is 1.67 bits per heavy atom. The average molecular weight is 479 g/mol. The van der Waals surface area contributed by atoms with E-state index >= 15 is 0 Å². The Morgan fingerprint density at radius 1 is 1.03 bits per heavy atom. The predicted molar refractivity (Wildman–Crippen MR) is 125 cm³/mol. The summed E-state index contributed by atoms with van der Waals surface area (Å²) in [6, 6.07) is 8.48. The van der Waals surface area contributed by atoms with E-state index in [1.807, 2.05) is 27.7 Å². The van der Waals surface area contributed by atoms with Crippen molar-refractivity contribution in [1.29, 1.82) is 0 Å². The van der Waals surface area contributed by atoms with Crippen molar-refractivity contribution >= 4 is 33.8 Å². The topological polar surface area (TPSA) is 79.5 Å². The third-order valence-electron chi connectivity index (χ3n) is 4.25. The van der Waals surface area contributed by atoms with E-state index in [2.05, 4.69) is 15.3 Å². The van der Waals surface area contributed by atoms with Crippen LogP contribution in [0.25, 0.3) is 17.0 Å². The van der Waals surface area contributed by atoms with Gasteiger partial charge in [-0.1, -0.05) is 27.7 Å². The Kier molecular flexibility index (Phi) is 8.58. The minimum absolute atomic E-state index is 0.164. The second-order valence-corrected chi connectivity index (χ2v) is 7.09. The van der Waals surface area contributed by atoms with Crippen LogP contribution in [-0.2, 0) is 6.18 Å². The molecule has 0 saturated carbocycles. The Balaban J connectivity index is 0.000000914. The molecular formula is C23H25F3N4O2S. The number of imidazole rings is 1. The number of benzene rings is 1. The molecule has 0 amide bonds. The third kappa shape index (κ3) is 5.89. The van der Waals surface area contributed by atoms with Crippen LogP contribution in [0.5, 0.6) is 0 Å². The zero-order chi connectivity index (χ0) is 24.8. The molecule has 0 aliphatic carbocycles. The summed E-state index contributed by atoms with van der Waals surface area (Å²) in [5, 5.41) is 14.3. The standard InChI is InChI=1S/C19H13F3N4O2S.2C2H6/c1-10-16(26-8-12(19(20,21)22)4-7-15(26)23-10)14-9-29-18(25-14)24-13-5-2-11(3-6-13)17(27)28;2*1-2/h2-9H,1H3,(H,24,25)(H,27,28);2*1-2H3. The van der Waals surface area contributed by atoms with Gasteiger partial charge in [0.25, 0.3) is 0 Å². The lowest BCUT2D eigenvalue weighted by Crippen LogP contribution is -2.06. The molecule has 0 saturated heterocycles. The molecule has 0 radical (unpaired) electrons. The Hall–Kier alpha value is -3.40. The number of pyridine rings is 1. The molecule has 1 aromatic carbocycles. The molecule has 4 rings (SSSR count).